The van der Waals surface area contributed by atoms with E-state index < -0.39 is 0 Å². The first-order chi connectivity index (χ1) is 8.18. The van der Waals surface area contributed by atoms with E-state index in [0.29, 0.717) is 26.4 Å². The van der Waals surface area contributed by atoms with Crippen molar-refractivity contribution < 1.29 is 13.9 Å². The summed E-state index contributed by atoms with van der Waals surface area (Å²) in [6.45, 7) is 6.52. The number of rotatable bonds is 8. The summed E-state index contributed by atoms with van der Waals surface area (Å²) < 4.78 is 23.3. The Hall–Kier alpha value is -1.13. The minimum absolute atomic E-state index is 0.224. The Bertz CT molecular complexity index is 301. The summed E-state index contributed by atoms with van der Waals surface area (Å²) in [6.07, 6.45) is 0.246. The van der Waals surface area contributed by atoms with Crippen molar-refractivity contribution >= 4 is 5.69 Å². The van der Waals surface area contributed by atoms with Gasteiger partial charge in [-0.1, -0.05) is 0 Å². The lowest BCUT2D eigenvalue weighted by atomic mass is 10.3. The van der Waals surface area contributed by atoms with Gasteiger partial charge in [0.1, 0.15) is 5.82 Å². The molecule has 0 radical (unpaired) electrons. The minimum atomic E-state index is -0.224. The fraction of sp³-hybridized carbons (Fsp3) is 0.538. The minimum Gasteiger partial charge on any atom is -0.383 e. The summed E-state index contributed by atoms with van der Waals surface area (Å²) in [5.41, 5.74) is 0.897. The second-order valence-electron chi connectivity index (χ2n) is 3.97. The van der Waals surface area contributed by atoms with Crippen LogP contribution in [0.5, 0.6) is 0 Å². The van der Waals surface area contributed by atoms with Crippen molar-refractivity contribution in [3.05, 3.63) is 30.1 Å². The van der Waals surface area contributed by atoms with Crippen molar-refractivity contribution in [3.63, 3.8) is 0 Å². The standard InChI is InChI=1S/C13H20FNO2/c1-11(2)17-10-9-16-8-7-15-13-5-3-12(14)4-6-13/h3-6,11,15H,7-10H2,1-2H3. The van der Waals surface area contributed by atoms with Crippen LogP contribution in [0.25, 0.3) is 0 Å². The first-order valence-electron chi connectivity index (χ1n) is 5.87. The first kappa shape index (κ1) is 13.9. The van der Waals surface area contributed by atoms with Crippen LogP contribution in [0.4, 0.5) is 10.1 Å². The second kappa shape index (κ2) is 8.03. The van der Waals surface area contributed by atoms with E-state index >= 15 is 0 Å². The molecule has 0 atom stereocenters. The highest BCUT2D eigenvalue weighted by molar-refractivity contribution is 5.42. The van der Waals surface area contributed by atoms with Gasteiger partial charge < -0.3 is 14.8 Å². The Kier molecular flexibility index (Phi) is 6.58. The van der Waals surface area contributed by atoms with Crippen LogP contribution in [-0.2, 0) is 9.47 Å². The van der Waals surface area contributed by atoms with E-state index in [1.54, 1.807) is 12.1 Å². The average Bonchev–Trinajstić information content (AvgIpc) is 2.30. The van der Waals surface area contributed by atoms with Crippen molar-refractivity contribution in [3.8, 4) is 0 Å². The highest BCUT2D eigenvalue weighted by Gasteiger charge is 1.94. The maximum Gasteiger partial charge on any atom is 0.123 e. The number of nitrogens with one attached hydrogen (secondary N) is 1. The van der Waals surface area contributed by atoms with Crippen LogP contribution < -0.4 is 5.32 Å². The molecule has 0 aromatic heterocycles. The van der Waals surface area contributed by atoms with Crippen molar-refractivity contribution in [2.24, 2.45) is 0 Å². The molecular formula is C13H20FNO2. The van der Waals surface area contributed by atoms with Crippen molar-refractivity contribution in [2.45, 2.75) is 20.0 Å². The van der Waals surface area contributed by atoms with Crippen molar-refractivity contribution in [2.75, 3.05) is 31.7 Å². The molecule has 0 unspecified atom stereocenters. The predicted octanol–water partition coefficient (Wildman–Crippen LogP) is 2.68. The summed E-state index contributed by atoms with van der Waals surface area (Å²) in [4.78, 5) is 0. The number of benzene rings is 1. The van der Waals surface area contributed by atoms with Crippen LogP contribution in [0.15, 0.2) is 24.3 Å². The van der Waals surface area contributed by atoms with Gasteiger partial charge in [0, 0.05) is 12.2 Å². The molecule has 4 heteroatoms. The fourth-order valence-corrected chi connectivity index (χ4v) is 1.28. The Morgan fingerprint density at radius 1 is 1.12 bits per heavy atom. The number of hydrogen-bond acceptors (Lipinski definition) is 3. The summed E-state index contributed by atoms with van der Waals surface area (Å²) in [6, 6.07) is 6.27. The van der Waals surface area contributed by atoms with Gasteiger partial charge in [-0.3, -0.25) is 0 Å². The fourth-order valence-electron chi connectivity index (χ4n) is 1.28. The van der Waals surface area contributed by atoms with Gasteiger partial charge in [0.2, 0.25) is 0 Å². The smallest absolute Gasteiger partial charge is 0.123 e. The van der Waals surface area contributed by atoms with E-state index in [0.717, 1.165) is 5.69 Å². The molecule has 0 spiro atoms. The molecule has 1 N–H and O–H groups in total. The molecule has 0 bridgehead atoms. The quantitative estimate of drug-likeness (QED) is 0.710. The lowest BCUT2D eigenvalue weighted by Crippen LogP contribution is -2.14. The number of anilines is 1. The Morgan fingerprint density at radius 3 is 2.47 bits per heavy atom. The summed E-state index contributed by atoms with van der Waals surface area (Å²) in [5, 5.41) is 3.14. The van der Waals surface area contributed by atoms with Gasteiger partial charge in [-0.25, -0.2) is 4.39 Å². The van der Waals surface area contributed by atoms with Crippen LogP contribution in [-0.4, -0.2) is 32.5 Å². The van der Waals surface area contributed by atoms with Gasteiger partial charge >= 0.3 is 0 Å². The molecule has 0 aliphatic carbocycles. The van der Waals surface area contributed by atoms with Crippen molar-refractivity contribution in [1.29, 1.82) is 0 Å². The third-order valence-electron chi connectivity index (χ3n) is 2.10. The maximum atomic E-state index is 12.6. The monoisotopic (exact) mass is 241 g/mol. The Balaban J connectivity index is 1.99. The van der Waals surface area contributed by atoms with E-state index in [4.69, 9.17) is 9.47 Å². The molecule has 0 amide bonds. The van der Waals surface area contributed by atoms with Crippen LogP contribution in [0.1, 0.15) is 13.8 Å². The third-order valence-corrected chi connectivity index (χ3v) is 2.10. The predicted molar refractivity (Wildman–Crippen MR) is 66.8 cm³/mol. The normalized spacial score (nSPS) is 10.8. The highest BCUT2D eigenvalue weighted by Crippen LogP contribution is 2.07. The van der Waals surface area contributed by atoms with Crippen molar-refractivity contribution in [1.82, 2.24) is 0 Å². The molecule has 3 nitrogen and oxygen atoms in total. The molecule has 0 saturated heterocycles. The van der Waals surface area contributed by atoms with Crippen LogP contribution >= 0.6 is 0 Å². The van der Waals surface area contributed by atoms with Gasteiger partial charge in [0.25, 0.3) is 0 Å². The van der Waals surface area contributed by atoms with Crippen LogP contribution in [0.3, 0.4) is 0 Å². The molecular weight excluding hydrogens is 221 g/mol. The molecule has 1 aromatic carbocycles. The number of halogens is 1. The molecule has 1 rings (SSSR count). The Morgan fingerprint density at radius 2 is 1.82 bits per heavy atom. The third kappa shape index (κ3) is 6.92. The SMILES string of the molecule is CC(C)OCCOCCNc1ccc(F)cc1. The van der Waals surface area contributed by atoms with E-state index in [-0.39, 0.29) is 11.9 Å². The lowest BCUT2D eigenvalue weighted by Gasteiger charge is -2.09. The Labute approximate surface area is 102 Å². The van der Waals surface area contributed by atoms with Gasteiger partial charge in [-0.2, -0.15) is 0 Å². The molecule has 0 aliphatic heterocycles. The van der Waals surface area contributed by atoms with E-state index in [9.17, 15) is 4.39 Å². The van der Waals surface area contributed by atoms with Crippen LogP contribution in [0, 0.1) is 5.82 Å². The number of hydrogen-bond donors (Lipinski definition) is 1. The largest absolute Gasteiger partial charge is 0.383 e. The zero-order chi connectivity index (χ0) is 12.5. The lowest BCUT2D eigenvalue weighted by molar-refractivity contribution is 0.0222. The molecule has 0 aliphatic rings. The van der Waals surface area contributed by atoms with Crippen LogP contribution in [0.2, 0.25) is 0 Å². The average molecular weight is 241 g/mol. The second-order valence-corrected chi connectivity index (χ2v) is 3.97. The molecule has 0 saturated carbocycles. The van der Waals surface area contributed by atoms with Gasteiger partial charge in [0.15, 0.2) is 0 Å². The van der Waals surface area contributed by atoms with Gasteiger partial charge in [-0.05, 0) is 38.1 Å². The summed E-state index contributed by atoms with van der Waals surface area (Å²) >= 11 is 0. The zero-order valence-corrected chi connectivity index (χ0v) is 10.4. The van der Waals surface area contributed by atoms with E-state index in [2.05, 4.69) is 5.32 Å². The molecule has 96 valence electrons. The highest BCUT2D eigenvalue weighted by atomic mass is 19.1. The molecule has 17 heavy (non-hydrogen) atoms. The number of ether oxygens (including phenoxy) is 2. The zero-order valence-electron chi connectivity index (χ0n) is 10.4. The van der Waals surface area contributed by atoms with Gasteiger partial charge in [-0.15, -0.1) is 0 Å². The van der Waals surface area contributed by atoms with E-state index in [1.807, 2.05) is 13.8 Å². The topological polar surface area (TPSA) is 30.5 Å². The van der Waals surface area contributed by atoms with Gasteiger partial charge in [0.05, 0.1) is 25.9 Å². The maximum absolute atomic E-state index is 12.6. The summed E-state index contributed by atoms with van der Waals surface area (Å²) in [5.74, 6) is -0.224. The molecule has 0 fully saturated rings. The first-order valence-corrected chi connectivity index (χ1v) is 5.87. The van der Waals surface area contributed by atoms with E-state index in [1.165, 1.54) is 12.1 Å². The summed E-state index contributed by atoms with van der Waals surface area (Å²) in [7, 11) is 0. The molecule has 1 aromatic rings. The molecule has 0 heterocycles.